The Bertz CT molecular complexity index is 786. The number of benzene rings is 1. The number of para-hydroxylation sites is 1. The molecule has 2 aliphatic heterocycles. The van der Waals surface area contributed by atoms with Crippen LogP contribution in [0.1, 0.15) is 48.8 Å². The summed E-state index contributed by atoms with van der Waals surface area (Å²) in [5, 5.41) is 2.30. The summed E-state index contributed by atoms with van der Waals surface area (Å²) < 4.78 is 12.3. The largest absolute Gasteiger partial charge is 0.471 e. The Kier molecular flexibility index (Phi) is 2.68. The highest BCUT2D eigenvalue weighted by molar-refractivity contribution is 5.64. The van der Waals surface area contributed by atoms with E-state index in [2.05, 4.69) is 40.8 Å². The lowest BCUT2D eigenvalue weighted by atomic mass is 9.98. The van der Waals surface area contributed by atoms with Crippen LogP contribution in [0.5, 0.6) is 5.75 Å². The molecule has 0 radical (unpaired) electrons. The maximum absolute atomic E-state index is 6.48. The molecule has 1 aromatic carbocycles. The van der Waals surface area contributed by atoms with E-state index in [-0.39, 0.29) is 11.8 Å². The molecule has 1 atom stereocenters. The topological polar surface area (TPSA) is 37.6 Å². The van der Waals surface area contributed by atoms with E-state index in [0.717, 1.165) is 35.8 Å². The predicted molar refractivity (Wildman–Crippen MR) is 87.4 cm³/mol. The van der Waals surface area contributed by atoms with Gasteiger partial charge in [-0.05, 0) is 44.0 Å². The molecule has 0 bridgehead atoms. The van der Waals surface area contributed by atoms with Gasteiger partial charge in [-0.25, -0.2) is 0 Å². The minimum atomic E-state index is -0.237. The van der Waals surface area contributed by atoms with Gasteiger partial charge in [-0.15, -0.1) is 0 Å². The van der Waals surface area contributed by atoms with E-state index in [1.807, 2.05) is 19.1 Å². The Hall–Kier alpha value is -2.20. The molecule has 0 saturated heterocycles. The molecule has 4 heteroatoms. The van der Waals surface area contributed by atoms with Crippen LogP contribution < -0.4 is 10.2 Å². The first-order chi connectivity index (χ1) is 11.3. The molecule has 2 aromatic rings. The van der Waals surface area contributed by atoms with Gasteiger partial charge in [0.1, 0.15) is 11.5 Å². The molecule has 0 amide bonds. The standard InChI is InChI=1S/C19H20N2O2/c1-13-8-9-18(22-13)15-12-16-14-6-2-3-7-17(14)23-19(21(16)20-15)10-4-5-11-19/h2-3,6-9,12,16,20H,4-5,10-11H2,1H3/t16-/m0/s1. The summed E-state index contributed by atoms with van der Waals surface area (Å²) in [6.45, 7) is 1.98. The summed E-state index contributed by atoms with van der Waals surface area (Å²) in [5.41, 5.74) is 5.59. The fourth-order valence-corrected chi connectivity index (χ4v) is 4.11. The highest BCUT2D eigenvalue weighted by atomic mass is 16.5. The molecule has 1 saturated carbocycles. The molecular formula is C19H20N2O2. The lowest BCUT2D eigenvalue weighted by molar-refractivity contribution is -0.125. The van der Waals surface area contributed by atoms with E-state index in [4.69, 9.17) is 9.15 Å². The fraction of sp³-hybridized carbons (Fsp3) is 0.368. The molecule has 23 heavy (non-hydrogen) atoms. The first-order valence-corrected chi connectivity index (χ1v) is 8.38. The highest BCUT2D eigenvalue weighted by Gasteiger charge is 2.51. The quantitative estimate of drug-likeness (QED) is 0.858. The molecule has 118 valence electrons. The van der Waals surface area contributed by atoms with Gasteiger partial charge in [0, 0.05) is 18.4 Å². The van der Waals surface area contributed by atoms with Gasteiger partial charge in [0.05, 0.1) is 11.7 Å². The minimum absolute atomic E-state index is 0.193. The zero-order valence-corrected chi connectivity index (χ0v) is 13.2. The van der Waals surface area contributed by atoms with Crippen LogP contribution in [-0.2, 0) is 0 Å². The minimum Gasteiger partial charge on any atom is -0.471 e. The molecule has 5 rings (SSSR count). The van der Waals surface area contributed by atoms with Gasteiger partial charge in [-0.1, -0.05) is 18.2 Å². The van der Waals surface area contributed by atoms with Gasteiger partial charge in [0.2, 0.25) is 0 Å². The number of fused-ring (bicyclic) bond motifs is 4. The third kappa shape index (κ3) is 1.88. The van der Waals surface area contributed by atoms with Crippen LogP contribution in [0, 0.1) is 6.92 Å². The number of hydrogen-bond acceptors (Lipinski definition) is 4. The summed E-state index contributed by atoms with van der Waals surface area (Å²) in [7, 11) is 0. The zero-order chi connectivity index (χ0) is 15.4. The van der Waals surface area contributed by atoms with Gasteiger partial charge in [0.25, 0.3) is 0 Å². The van der Waals surface area contributed by atoms with Crippen molar-refractivity contribution in [1.29, 1.82) is 0 Å². The van der Waals surface area contributed by atoms with Crippen molar-refractivity contribution < 1.29 is 9.15 Å². The zero-order valence-electron chi connectivity index (χ0n) is 13.2. The van der Waals surface area contributed by atoms with Crippen LogP contribution in [0.15, 0.2) is 46.9 Å². The van der Waals surface area contributed by atoms with E-state index in [0.29, 0.717) is 0 Å². The number of furan rings is 1. The molecule has 1 spiro atoms. The molecule has 3 heterocycles. The summed E-state index contributed by atoms with van der Waals surface area (Å²) in [6, 6.07) is 12.6. The van der Waals surface area contributed by atoms with Crippen molar-refractivity contribution in [3.63, 3.8) is 0 Å². The molecule has 1 aliphatic carbocycles. The number of hydrogen-bond donors (Lipinski definition) is 1. The van der Waals surface area contributed by atoms with Crippen molar-refractivity contribution >= 4 is 5.70 Å². The van der Waals surface area contributed by atoms with Crippen molar-refractivity contribution in [3.05, 3.63) is 59.6 Å². The molecule has 1 fully saturated rings. The van der Waals surface area contributed by atoms with Gasteiger partial charge in [0.15, 0.2) is 11.5 Å². The summed E-state index contributed by atoms with van der Waals surface area (Å²) >= 11 is 0. The molecule has 0 unspecified atom stereocenters. The van der Waals surface area contributed by atoms with E-state index in [1.165, 1.54) is 18.4 Å². The van der Waals surface area contributed by atoms with Crippen molar-refractivity contribution in [2.24, 2.45) is 0 Å². The lowest BCUT2D eigenvalue weighted by Crippen LogP contribution is -2.58. The maximum atomic E-state index is 6.48. The smallest absolute Gasteiger partial charge is 0.180 e. The van der Waals surface area contributed by atoms with E-state index >= 15 is 0 Å². The van der Waals surface area contributed by atoms with E-state index in [1.54, 1.807) is 0 Å². The second-order valence-electron chi connectivity index (χ2n) is 6.71. The third-order valence-corrected chi connectivity index (χ3v) is 5.21. The number of aryl methyl sites for hydroxylation is 1. The van der Waals surface area contributed by atoms with Crippen LogP contribution in [0.4, 0.5) is 0 Å². The summed E-state index contributed by atoms with van der Waals surface area (Å²) in [4.78, 5) is 0. The van der Waals surface area contributed by atoms with Crippen molar-refractivity contribution in [3.8, 4) is 5.75 Å². The second-order valence-corrected chi connectivity index (χ2v) is 6.71. The van der Waals surface area contributed by atoms with Crippen LogP contribution in [0.25, 0.3) is 5.70 Å². The van der Waals surface area contributed by atoms with Crippen LogP contribution in [0.3, 0.4) is 0 Å². The first kappa shape index (κ1) is 13.3. The van der Waals surface area contributed by atoms with E-state index in [9.17, 15) is 0 Å². The molecule has 1 aromatic heterocycles. The third-order valence-electron chi connectivity index (χ3n) is 5.21. The van der Waals surface area contributed by atoms with Gasteiger partial charge in [-0.2, -0.15) is 5.01 Å². The highest BCUT2D eigenvalue weighted by Crippen LogP contribution is 2.50. The summed E-state index contributed by atoms with van der Waals surface area (Å²) in [5.74, 6) is 2.84. The number of ether oxygens (including phenoxy) is 1. The molecule has 3 aliphatic rings. The molecule has 1 N–H and O–H groups in total. The molecule has 4 nitrogen and oxygen atoms in total. The fourth-order valence-electron chi connectivity index (χ4n) is 4.11. The Morgan fingerprint density at radius 2 is 1.96 bits per heavy atom. The van der Waals surface area contributed by atoms with Gasteiger partial charge >= 0.3 is 0 Å². The van der Waals surface area contributed by atoms with Gasteiger partial charge < -0.3 is 14.6 Å². The maximum Gasteiger partial charge on any atom is 0.180 e. The summed E-state index contributed by atoms with van der Waals surface area (Å²) in [6.07, 6.45) is 6.80. The number of nitrogens with one attached hydrogen (secondary N) is 1. The number of hydrazine groups is 1. The van der Waals surface area contributed by atoms with Crippen LogP contribution in [-0.4, -0.2) is 10.7 Å². The van der Waals surface area contributed by atoms with Gasteiger partial charge in [-0.3, -0.25) is 0 Å². The lowest BCUT2D eigenvalue weighted by Gasteiger charge is -2.46. The Balaban J connectivity index is 1.61. The average Bonchev–Trinajstić information content (AvgIpc) is 3.27. The number of rotatable bonds is 1. The van der Waals surface area contributed by atoms with Crippen LogP contribution in [0.2, 0.25) is 0 Å². The normalized spacial score (nSPS) is 24.7. The SMILES string of the molecule is Cc1ccc(C2=C[C@H]3c4ccccc4OC4(CCCC4)N3N2)o1. The number of nitrogens with zero attached hydrogens (tertiary/aromatic N) is 1. The molecular weight excluding hydrogens is 288 g/mol. The predicted octanol–water partition coefficient (Wildman–Crippen LogP) is 4.15. The second kappa shape index (κ2) is 4.65. The Morgan fingerprint density at radius 1 is 1.13 bits per heavy atom. The van der Waals surface area contributed by atoms with Crippen molar-refractivity contribution in [1.82, 2.24) is 10.4 Å². The Morgan fingerprint density at radius 3 is 2.74 bits per heavy atom. The Labute approximate surface area is 135 Å². The van der Waals surface area contributed by atoms with Crippen molar-refractivity contribution in [2.45, 2.75) is 44.4 Å². The van der Waals surface area contributed by atoms with E-state index < -0.39 is 0 Å². The first-order valence-electron chi connectivity index (χ1n) is 8.38. The monoisotopic (exact) mass is 308 g/mol. The van der Waals surface area contributed by atoms with Crippen molar-refractivity contribution in [2.75, 3.05) is 0 Å². The average molecular weight is 308 g/mol. The van der Waals surface area contributed by atoms with Crippen LogP contribution >= 0.6 is 0 Å².